The van der Waals surface area contributed by atoms with E-state index in [1.165, 1.54) is 0 Å². The number of anilines is 1. The predicted molar refractivity (Wildman–Crippen MR) is 39.7 cm³/mol. The fraction of sp³-hybridized carbons (Fsp3) is 0.286. The number of aliphatic hydroxyl groups is 1. The van der Waals surface area contributed by atoms with E-state index < -0.39 is 0 Å². The average Bonchev–Trinajstić information content (AvgIpc) is 2.05. The molecule has 0 saturated carbocycles. The molecule has 0 amide bonds. The first-order valence-corrected chi connectivity index (χ1v) is 3.10. The summed E-state index contributed by atoms with van der Waals surface area (Å²) in [6.07, 6.45) is 1.64. The molecule has 0 atom stereocenters. The van der Waals surface area contributed by atoms with E-state index in [-0.39, 0.29) is 6.61 Å². The van der Waals surface area contributed by atoms with Gasteiger partial charge in [-0.25, -0.2) is 4.98 Å². The van der Waals surface area contributed by atoms with Gasteiger partial charge in [0.2, 0.25) is 0 Å². The Kier molecular flexibility index (Phi) is 2.23. The third-order valence-electron chi connectivity index (χ3n) is 1.26. The largest absolute Gasteiger partial charge is 0.392 e. The Morgan fingerprint density at radius 2 is 2.40 bits per heavy atom. The molecule has 0 aliphatic carbocycles. The van der Waals surface area contributed by atoms with Crippen LogP contribution in [0.2, 0.25) is 0 Å². The quantitative estimate of drug-likeness (QED) is 0.629. The molecule has 1 rings (SSSR count). The molecule has 0 saturated heterocycles. The standard InChI is InChI=1S/C7H10N2O/c1-8-7-3-2-6(5-10)4-9-7/h2-4,10H,5H2,1H3,(H,8,9). The highest BCUT2D eigenvalue weighted by Gasteiger charge is 1.89. The molecule has 0 bridgehead atoms. The predicted octanol–water partition coefficient (Wildman–Crippen LogP) is 0.616. The minimum absolute atomic E-state index is 0.0526. The van der Waals surface area contributed by atoms with Crippen LogP contribution < -0.4 is 5.32 Å². The second kappa shape index (κ2) is 3.17. The Labute approximate surface area is 59.7 Å². The van der Waals surface area contributed by atoms with Crippen molar-refractivity contribution in [3.63, 3.8) is 0 Å². The van der Waals surface area contributed by atoms with Crippen molar-refractivity contribution in [3.8, 4) is 0 Å². The Morgan fingerprint density at radius 1 is 1.60 bits per heavy atom. The summed E-state index contributed by atoms with van der Waals surface area (Å²) in [5, 5.41) is 11.5. The molecule has 54 valence electrons. The highest BCUT2D eigenvalue weighted by molar-refractivity contribution is 5.34. The van der Waals surface area contributed by atoms with E-state index in [0.29, 0.717) is 0 Å². The lowest BCUT2D eigenvalue weighted by atomic mass is 10.3. The van der Waals surface area contributed by atoms with Crippen molar-refractivity contribution in [3.05, 3.63) is 23.9 Å². The van der Waals surface area contributed by atoms with Crippen LogP contribution in [-0.4, -0.2) is 17.1 Å². The Bertz CT molecular complexity index is 172. The first-order chi connectivity index (χ1) is 4.86. The van der Waals surface area contributed by atoms with Crippen LogP contribution in [0.15, 0.2) is 18.3 Å². The van der Waals surface area contributed by atoms with Crippen molar-refractivity contribution in [1.29, 1.82) is 0 Å². The maximum Gasteiger partial charge on any atom is 0.125 e. The SMILES string of the molecule is CNc1ccc(CO)cn1. The van der Waals surface area contributed by atoms with Gasteiger partial charge in [-0.05, 0) is 11.6 Å². The molecule has 0 aromatic carbocycles. The zero-order valence-corrected chi connectivity index (χ0v) is 5.83. The Morgan fingerprint density at radius 3 is 2.80 bits per heavy atom. The van der Waals surface area contributed by atoms with Gasteiger partial charge < -0.3 is 10.4 Å². The van der Waals surface area contributed by atoms with Crippen LogP contribution in [0, 0.1) is 0 Å². The van der Waals surface area contributed by atoms with Gasteiger partial charge >= 0.3 is 0 Å². The molecule has 1 aromatic heterocycles. The molecule has 0 aliphatic heterocycles. The summed E-state index contributed by atoms with van der Waals surface area (Å²) in [5.41, 5.74) is 0.832. The molecule has 0 spiro atoms. The maximum absolute atomic E-state index is 8.64. The first-order valence-electron chi connectivity index (χ1n) is 3.10. The van der Waals surface area contributed by atoms with Crippen molar-refractivity contribution < 1.29 is 5.11 Å². The minimum Gasteiger partial charge on any atom is -0.392 e. The highest BCUT2D eigenvalue weighted by atomic mass is 16.3. The summed E-state index contributed by atoms with van der Waals surface area (Å²) in [7, 11) is 1.81. The number of nitrogens with zero attached hydrogens (tertiary/aromatic N) is 1. The third-order valence-corrected chi connectivity index (χ3v) is 1.26. The average molecular weight is 138 g/mol. The maximum atomic E-state index is 8.64. The van der Waals surface area contributed by atoms with Crippen molar-refractivity contribution in [1.82, 2.24) is 4.98 Å². The summed E-state index contributed by atoms with van der Waals surface area (Å²) in [5.74, 6) is 0.817. The lowest BCUT2D eigenvalue weighted by molar-refractivity contribution is 0.281. The topological polar surface area (TPSA) is 45.1 Å². The van der Waals surface area contributed by atoms with E-state index in [9.17, 15) is 0 Å². The first kappa shape index (κ1) is 7.02. The smallest absolute Gasteiger partial charge is 0.125 e. The molecule has 3 nitrogen and oxygen atoms in total. The van der Waals surface area contributed by atoms with E-state index in [1.807, 2.05) is 12.1 Å². The van der Waals surface area contributed by atoms with Gasteiger partial charge in [-0.1, -0.05) is 6.07 Å². The van der Waals surface area contributed by atoms with Crippen LogP contribution in [-0.2, 0) is 6.61 Å². The number of hydrogen-bond donors (Lipinski definition) is 2. The Hall–Kier alpha value is -1.09. The van der Waals surface area contributed by atoms with Crippen LogP contribution >= 0.6 is 0 Å². The summed E-state index contributed by atoms with van der Waals surface area (Å²) >= 11 is 0. The van der Waals surface area contributed by atoms with Crippen LogP contribution in [0.4, 0.5) is 5.82 Å². The van der Waals surface area contributed by atoms with Gasteiger partial charge in [-0.3, -0.25) is 0 Å². The van der Waals surface area contributed by atoms with Crippen molar-refractivity contribution in [2.75, 3.05) is 12.4 Å². The molecular weight excluding hydrogens is 128 g/mol. The molecule has 3 heteroatoms. The van der Waals surface area contributed by atoms with Gasteiger partial charge in [0.15, 0.2) is 0 Å². The second-order valence-corrected chi connectivity index (χ2v) is 1.96. The molecule has 1 aromatic rings. The number of hydrogen-bond acceptors (Lipinski definition) is 3. The third kappa shape index (κ3) is 1.45. The number of aromatic nitrogens is 1. The summed E-state index contributed by atoms with van der Waals surface area (Å²) in [4.78, 5) is 4.00. The van der Waals surface area contributed by atoms with Crippen molar-refractivity contribution in [2.45, 2.75) is 6.61 Å². The summed E-state index contributed by atoms with van der Waals surface area (Å²) < 4.78 is 0. The van der Waals surface area contributed by atoms with E-state index in [1.54, 1.807) is 13.2 Å². The molecule has 0 aliphatic rings. The number of nitrogens with one attached hydrogen (secondary N) is 1. The molecule has 0 fully saturated rings. The van der Waals surface area contributed by atoms with Gasteiger partial charge in [0.05, 0.1) is 6.61 Å². The number of rotatable bonds is 2. The van der Waals surface area contributed by atoms with E-state index in [4.69, 9.17) is 5.11 Å². The monoisotopic (exact) mass is 138 g/mol. The van der Waals surface area contributed by atoms with E-state index >= 15 is 0 Å². The van der Waals surface area contributed by atoms with Crippen LogP contribution in [0.5, 0.6) is 0 Å². The molecule has 10 heavy (non-hydrogen) atoms. The molecule has 0 unspecified atom stereocenters. The summed E-state index contributed by atoms with van der Waals surface area (Å²) in [6.45, 7) is 0.0526. The van der Waals surface area contributed by atoms with Crippen molar-refractivity contribution in [2.24, 2.45) is 0 Å². The molecule has 1 heterocycles. The normalized spacial score (nSPS) is 9.40. The zero-order valence-electron chi connectivity index (χ0n) is 5.83. The van der Waals surface area contributed by atoms with E-state index in [2.05, 4.69) is 10.3 Å². The lowest BCUT2D eigenvalue weighted by Gasteiger charge is -1.98. The highest BCUT2D eigenvalue weighted by Crippen LogP contribution is 2.02. The number of aliphatic hydroxyl groups excluding tert-OH is 1. The minimum atomic E-state index is 0.0526. The molecular formula is C7H10N2O. The van der Waals surface area contributed by atoms with Crippen LogP contribution in [0.3, 0.4) is 0 Å². The fourth-order valence-electron chi connectivity index (χ4n) is 0.666. The van der Waals surface area contributed by atoms with Gasteiger partial charge in [0.25, 0.3) is 0 Å². The van der Waals surface area contributed by atoms with E-state index in [0.717, 1.165) is 11.4 Å². The number of pyridine rings is 1. The molecule has 0 radical (unpaired) electrons. The van der Waals surface area contributed by atoms with Crippen molar-refractivity contribution >= 4 is 5.82 Å². The van der Waals surface area contributed by atoms with Gasteiger partial charge in [0.1, 0.15) is 5.82 Å². The zero-order chi connectivity index (χ0) is 7.40. The van der Waals surface area contributed by atoms with Crippen LogP contribution in [0.25, 0.3) is 0 Å². The lowest BCUT2D eigenvalue weighted by Crippen LogP contribution is -1.92. The van der Waals surface area contributed by atoms with Gasteiger partial charge in [0, 0.05) is 13.2 Å². The van der Waals surface area contributed by atoms with Crippen LogP contribution in [0.1, 0.15) is 5.56 Å². The molecule has 2 N–H and O–H groups in total. The van der Waals surface area contributed by atoms with Gasteiger partial charge in [-0.2, -0.15) is 0 Å². The summed E-state index contributed by atoms with van der Waals surface area (Å²) in [6, 6.07) is 3.66. The fourth-order valence-corrected chi connectivity index (χ4v) is 0.666. The van der Waals surface area contributed by atoms with Gasteiger partial charge in [-0.15, -0.1) is 0 Å². The Balaban J connectivity index is 2.80. The second-order valence-electron chi connectivity index (χ2n) is 1.96.